The third-order valence-corrected chi connectivity index (χ3v) is 3.12. The fourth-order valence-electron chi connectivity index (χ4n) is 1.57. The van der Waals surface area contributed by atoms with Crippen molar-refractivity contribution in [3.63, 3.8) is 0 Å². The maximum Gasteiger partial charge on any atom is 1.00 e. The zero-order chi connectivity index (χ0) is 22.8. The number of aromatic nitrogens is 2. The molecular weight excluding hydrogens is 495 g/mol. The Morgan fingerprint density at radius 3 is 1.67 bits per heavy atom. The number of ether oxygens (including phenoxy) is 4. The smallest absolute Gasteiger partial charge is 0.521 e. The average molecular weight is 517 g/mol. The van der Waals surface area contributed by atoms with Gasteiger partial charge in [0.2, 0.25) is 0 Å². The van der Waals surface area contributed by atoms with Gasteiger partial charge < -0.3 is 25.5 Å². The van der Waals surface area contributed by atoms with E-state index in [4.69, 9.17) is 18.9 Å². The predicted molar refractivity (Wildman–Crippen MR) is 111 cm³/mol. The van der Waals surface area contributed by atoms with Crippen LogP contribution in [0.5, 0.6) is 23.3 Å². The second kappa shape index (κ2) is 21.2. The third kappa shape index (κ3) is 14.9. The van der Waals surface area contributed by atoms with Crippen molar-refractivity contribution in [3.8, 4) is 23.3 Å². The van der Waals surface area contributed by atoms with Crippen molar-refractivity contribution >= 4 is 29.6 Å². The van der Waals surface area contributed by atoms with Crippen LogP contribution < -0.4 is 70.3 Å². The van der Waals surface area contributed by atoms with Crippen molar-refractivity contribution < 1.29 is 83.3 Å². The zero-order valence-electron chi connectivity index (χ0n) is 17.5. The van der Waals surface area contributed by atoms with E-state index in [0.29, 0.717) is 23.3 Å². The molecule has 2 aromatic heterocycles. The molecule has 0 aliphatic rings. The second-order valence-electron chi connectivity index (χ2n) is 4.30. The Morgan fingerprint density at radius 1 is 0.900 bits per heavy atom. The Kier molecular flexibility index (Phi) is 23.7. The average Bonchev–Trinajstić information content (AvgIpc) is 2.74. The summed E-state index contributed by atoms with van der Waals surface area (Å²) in [4.78, 5) is 7.99. The number of nitrogens with zero attached hydrogens (tertiary/aromatic N) is 2. The Labute approximate surface area is 226 Å². The van der Waals surface area contributed by atoms with E-state index >= 15 is 0 Å². The molecule has 0 unspecified atom stereocenters. The maximum atomic E-state index is 9.67. The number of hydrogen-bond donors (Lipinski definition) is 0. The molecule has 0 amide bonds. The quantitative estimate of drug-likeness (QED) is 0.448. The summed E-state index contributed by atoms with van der Waals surface area (Å²) in [6.07, 6.45) is 5.03. The van der Waals surface area contributed by atoms with Crippen LogP contribution in [0.25, 0.3) is 6.08 Å². The molecule has 0 spiro atoms. The SMILES string of the molecule is C=Cc1cnc(OC)c(OC)c1.COc1cc(Br)cnc1OC.FB(F)F.[CH-]=C.[K+]. The van der Waals surface area contributed by atoms with Gasteiger partial charge in [0, 0.05) is 22.9 Å². The fourth-order valence-corrected chi connectivity index (χ4v) is 1.88. The van der Waals surface area contributed by atoms with Crippen LogP contribution in [0.4, 0.5) is 12.9 Å². The molecule has 30 heavy (non-hydrogen) atoms. The fraction of sp³-hybridized carbons (Fsp3) is 0.222. The minimum Gasteiger partial charge on any atom is -0.521 e. The molecule has 0 aliphatic carbocycles. The molecule has 0 saturated heterocycles. The standard InChI is InChI=1S/C9H11NO2.C7H8BrNO2.C2H3.BF3.K/c1-4-7-5-8(11-2)9(12-3)10-6-7;1-10-6-3-5(8)4-9-7(6)11-2;1-2;2-1(3)4;/h4-6H,1H2,2-3H3;3-4H,1-2H3;1H,2H2;;/q;;-1;;+1. The molecule has 2 aromatic rings. The first-order valence-electron chi connectivity index (χ1n) is 7.59. The molecule has 2 rings (SSSR count). The summed E-state index contributed by atoms with van der Waals surface area (Å²) in [5.74, 6) is 2.23. The number of hydrogen-bond acceptors (Lipinski definition) is 6. The molecule has 0 fully saturated rings. The first-order valence-corrected chi connectivity index (χ1v) is 8.39. The van der Waals surface area contributed by atoms with Gasteiger partial charge >= 0.3 is 58.9 Å². The Morgan fingerprint density at radius 2 is 1.30 bits per heavy atom. The number of halogens is 4. The molecule has 12 heteroatoms. The maximum absolute atomic E-state index is 9.67. The van der Waals surface area contributed by atoms with Crippen LogP contribution in [0, 0.1) is 6.58 Å². The molecule has 0 atom stereocenters. The topological polar surface area (TPSA) is 62.7 Å². The largest absolute Gasteiger partial charge is 1.00 e. The Hall–Kier alpha value is -1.05. The molecule has 0 aromatic carbocycles. The molecule has 0 N–H and O–H groups in total. The van der Waals surface area contributed by atoms with Gasteiger partial charge in [0.15, 0.2) is 11.5 Å². The number of pyridine rings is 2. The predicted octanol–water partition coefficient (Wildman–Crippen LogP) is 2.09. The zero-order valence-corrected chi connectivity index (χ0v) is 22.2. The molecular formula is C18H22BBrF3KN2O4. The molecule has 0 bridgehead atoms. The van der Waals surface area contributed by atoms with Crippen LogP contribution >= 0.6 is 15.9 Å². The van der Waals surface area contributed by atoms with Crippen molar-refractivity contribution in [2.24, 2.45) is 0 Å². The van der Waals surface area contributed by atoms with E-state index in [9.17, 15) is 12.9 Å². The normalized spacial score (nSPS) is 8.13. The van der Waals surface area contributed by atoms with Crippen molar-refractivity contribution in [2.75, 3.05) is 28.4 Å². The Balaban J connectivity index is -0.000000377. The minimum atomic E-state index is -3.67. The molecule has 0 aliphatic heterocycles. The van der Waals surface area contributed by atoms with E-state index < -0.39 is 7.54 Å². The van der Waals surface area contributed by atoms with Crippen LogP contribution in [0.1, 0.15) is 5.56 Å². The van der Waals surface area contributed by atoms with E-state index in [2.05, 4.69) is 45.6 Å². The summed E-state index contributed by atoms with van der Waals surface area (Å²) in [5.41, 5.74) is 0.910. The summed E-state index contributed by atoms with van der Waals surface area (Å²) < 4.78 is 49.8. The van der Waals surface area contributed by atoms with Crippen molar-refractivity contribution in [1.29, 1.82) is 0 Å². The minimum absolute atomic E-state index is 0. The molecule has 160 valence electrons. The van der Waals surface area contributed by atoms with Gasteiger partial charge in [-0.2, -0.15) is 0 Å². The monoisotopic (exact) mass is 516 g/mol. The van der Waals surface area contributed by atoms with Gasteiger partial charge in [0.25, 0.3) is 11.8 Å². The van der Waals surface area contributed by atoms with Crippen molar-refractivity contribution in [2.45, 2.75) is 0 Å². The van der Waals surface area contributed by atoms with Crippen LogP contribution in [0.15, 0.2) is 42.2 Å². The van der Waals surface area contributed by atoms with E-state index in [1.54, 1.807) is 53.0 Å². The van der Waals surface area contributed by atoms with Gasteiger partial charge in [-0.15, -0.1) is 0 Å². The Bertz CT molecular complexity index is 731. The molecule has 2 heterocycles. The molecule has 0 saturated carbocycles. The summed E-state index contributed by atoms with van der Waals surface area (Å²) in [7, 11) is 2.59. The number of methoxy groups -OCH3 is 4. The van der Waals surface area contributed by atoms with Gasteiger partial charge in [-0.3, -0.25) is 19.5 Å². The van der Waals surface area contributed by atoms with E-state index in [0.717, 1.165) is 10.0 Å². The van der Waals surface area contributed by atoms with E-state index in [1.807, 2.05) is 6.07 Å². The first-order chi connectivity index (χ1) is 13.8. The third-order valence-electron chi connectivity index (χ3n) is 2.69. The van der Waals surface area contributed by atoms with Crippen molar-refractivity contribution in [1.82, 2.24) is 9.97 Å². The summed E-state index contributed by atoms with van der Waals surface area (Å²) in [5, 5.41) is 0. The summed E-state index contributed by atoms with van der Waals surface area (Å²) in [6.45, 7) is 10.6. The van der Waals surface area contributed by atoms with Gasteiger partial charge in [-0.1, -0.05) is 12.7 Å². The number of rotatable bonds is 5. The first kappa shape index (κ1) is 33.6. The van der Waals surface area contributed by atoms with Crippen LogP contribution in [0.2, 0.25) is 0 Å². The molecule has 6 nitrogen and oxygen atoms in total. The van der Waals surface area contributed by atoms with E-state index in [1.165, 1.54) is 0 Å². The van der Waals surface area contributed by atoms with Crippen LogP contribution in [0.3, 0.4) is 0 Å². The van der Waals surface area contributed by atoms with E-state index in [-0.39, 0.29) is 51.4 Å². The van der Waals surface area contributed by atoms with Crippen LogP contribution in [-0.4, -0.2) is 46.0 Å². The van der Waals surface area contributed by atoms with Gasteiger partial charge in [-0.25, -0.2) is 9.97 Å². The van der Waals surface area contributed by atoms with Gasteiger partial charge in [-0.05, 0) is 27.6 Å². The summed E-state index contributed by atoms with van der Waals surface area (Å²) >= 11 is 3.27. The van der Waals surface area contributed by atoms with Crippen LogP contribution in [-0.2, 0) is 0 Å². The van der Waals surface area contributed by atoms with Gasteiger partial charge in [0.05, 0.1) is 28.4 Å². The van der Waals surface area contributed by atoms with Gasteiger partial charge in [0.1, 0.15) is 0 Å². The van der Waals surface area contributed by atoms with Crippen molar-refractivity contribution in [3.05, 3.63) is 54.3 Å². The second-order valence-corrected chi connectivity index (χ2v) is 5.21. The summed E-state index contributed by atoms with van der Waals surface area (Å²) in [6, 6.07) is 3.62. The molecule has 0 radical (unpaired) electrons.